The lowest BCUT2D eigenvalue weighted by atomic mass is 10.0. The van der Waals surface area contributed by atoms with Crippen LogP contribution in [0.2, 0.25) is 5.02 Å². The number of ether oxygens (including phenoxy) is 1. The van der Waals surface area contributed by atoms with Crippen LogP contribution in [0, 0.1) is 0 Å². The lowest BCUT2D eigenvalue weighted by Crippen LogP contribution is -2.27. The topological polar surface area (TPSA) is 75.7 Å². The lowest BCUT2D eigenvalue weighted by Gasteiger charge is -2.20. The molecule has 0 bridgehead atoms. The third-order valence-electron chi connectivity index (χ3n) is 5.51. The van der Waals surface area contributed by atoms with Crippen molar-refractivity contribution in [2.75, 3.05) is 23.8 Å². The van der Waals surface area contributed by atoms with Gasteiger partial charge in [0, 0.05) is 23.3 Å². The van der Waals surface area contributed by atoms with Crippen molar-refractivity contribution in [2.24, 2.45) is 0 Å². The van der Waals surface area contributed by atoms with Gasteiger partial charge < -0.3 is 10.1 Å². The molecule has 174 valence electrons. The van der Waals surface area contributed by atoms with E-state index in [1.165, 1.54) is 23.5 Å². The maximum Gasteiger partial charge on any atom is 0.264 e. The summed E-state index contributed by atoms with van der Waals surface area (Å²) in [7, 11) is -0.868. The fraction of sp³-hybridized carbons (Fsp3) is 0.240. The van der Waals surface area contributed by atoms with E-state index in [-0.39, 0.29) is 10.5 Å². The molecule has 1 N–H and O–H groups in total. The molecule has 0 spiro atoms. The minimum Gasteiger partial charge on any atom is -0.497 e. The van der Waals surface area contributed by atoms with Crippen LogP contribution in [0.4, 0.5) is 11.4 Å². The molecule has 0 radical (unpaired) electrons. The summed E-state index contributed by atoms with van der Waals surface area (Å²) in [6.07, 6.45) is 1.38. The summed E-state index contributed by atoms with van der Waals surface area (Å²) < 4.78 is 32.7. The number of hydrogen-bond acceptors (Lipinski definition) is 4. The Morgan fingerprint density at radius 1 is 1.03 bits per heavy atom. The first-order valence-electron chi connectivity index (χ1n) is 10.6. The number of methoxy groups -OCH3 is 1. The van der Waals surface area contributed by atoms with Crippen molar-refractivity contribution in [2.45, 2.75) is 31.6 Å². The second-order valence-corrected chi connectivity index (χ2v) is 9.80. The molecule has 8 heteroatoms. The standard InChI is InChI=1S/C25H27ClN2O4S/c1-5-17-10-15-23(26)22(6-2)24(17)27-25(29)18-8-7-9-21(16-18)33(30,31)28(3)19-11-13-20(32-4)14-12-19/h7-16H,5-6H2,1-4H3,(H,27,29). The number of amides is 1. The van der Waals surface area contributed by atoms with Crippen molar-refractivity contribution >= 4 is 38.9 Å². The van der Waals surface area contributed by atoms with Crippen LogP contribution in [0.25, 0.3) is 0 Å². The van der Waals surface area contributed by atoms with Gasteiger partial charge in [0.2, 0.25) is 0 Å². The molecule has 3 rings (SSSR count). The molecule has 0 fully saturated rings. The predicted molar refractivity (Wildman–Crippen MR) is 133 cm³/mol. The predicted octanol–water partition coefficient (Wildman–Crippen LogP) is 5.55. The molecule has 0 unspecified atom stereocenters. The van der Waals surface area contributed by atoms with Gasteiger partial charge >= 0.3 is 0 Å². The minimum absolute atomic E-state index is 0.0194. The van der Waals surface area contributed by atoms with E-state index in [9.17, 15) is 13.2 Å². The van der Waals surface area contributed by atoms with Gasteiger partial charge in [-0.1, -0.05) is 37.6 Å². The van der Waals surface area contributed by atoms with E-state index in [2.05, 4.69) is 5.32 Å². The van der Waals surface area contributed by atoms with Crippen LogP contribution in [-0.4, -0.2) is 28.5 Å². The first-order valence-corrected chi connectivity index (χ1v) is 12.4. The molecule has 33 heavy (non-hydrogen) atoms. The zero-order valence-electron chi connectivity index (χ0n) is 19.1. The molecule has 0 aromatic heterocycles. The molecule has 6 nitrogen and oxygen atoms in total. The number of carbonyl (C=O) groups is 1. The second-order valence-electron chi connectivity index (χ2n) is 7.42. The summed E-state index contributed by atoms with van der Waals surface area (Å²) in [5.41, 5.74) is 3.22. The molecule has 1 amide bonds. The van der Waals surface area contributed by atoms with E-state index in [0.29, 0.717) is 28.6 Å². The molecule has 0 saturated carbocycles. The number of benzene rings is 3. The van der Waals surface area contributed by atoms with Crippen LogP contribution >= 0.6 is 11.6 Å². The van der Waals surface area contributed by atoms with Gasteiger partial charge in [-0.15, -0.1) is 0 Å². The Morgan fingerprint density at radius 3 is 2.33 bits per heavy atom. The van der Waals surface area contributed by atoms with E-state index in [1.54, 1.807) is 43.5 Å². The van der Waals surface area contributed by atoms with Crippen molar-refractivity contribution in [3.63, 3.8) is 0 Å². The number of aryl methyl sites for hydroxylation is 1. The highest BCUT2D eigenvalue weighted by atomic mass is 35.5. The number of halogens is 1. The third kappa shape index (κ3) is 5.15. The normalized spacial score (nSPS) is 11.2. The summed E-state index contributed by atoms with van der Waals surface area (Å²) in [4.78, 5) is 13.1. The highest BCUT2D eigenvalue weighted by Crippen LogP contribution is 2.30. The largest absolute Gasteiger partial charge is 0.497 e. The van der Waals surface area contributed by atoms with Crippen molar-refractivity contribution in [1.29, 1.82) is 0 Å². The molecule has 0 aliphatic carbocycles. The van der Waals surface area contributed by atoms with Crippen LogP contribution in [-0.2, 0) is 22.9 Å². The molecule has 0 saturated heterocycles. The average molecular weight is 487 g/mol. The van der Waals surface area contributed by atoms with E-state index in [1.807, 2.05) is 26.0 Å². The van der Waals surface area contributed by atoms with Crippen molar-refractivity contribution in [1.82, 2.24) is 0 Å². The van der Waals surface area contributed by atoms with Crippen LogP contribution in [0.1, 0.15) is 35.3 Å². The number of hydrogen-bond donors (Lipinski definition) is 1. The van der Waals surface area contributed by atoms with Gasteiger partial charge in [0.05, 0.1) is 17.7 Å². The zero-order valence-corrected chi connectivity index (χ0v) is 20.6. The zero-order chi connectivity index (χ0) is 24.2. The Morgan fingerprint density at radius 2 is 1.73 bits per heavy atom. The van der Waals surface area contributed by atoms with Gasteiger partial charge in [0.25, 0.3) is 15.9 Å². The molecule has 3 aromatic carbocycles. The van der Waals surface area contributed by atoms with Gasteiger partial charge in [-0.2, -0.15) is 0 Å². The quantitative estimate of drug-likeness (QED) is 0.453. The maximum atomic E-state index is 13.2. The third-order valence-corrected chi connectivity index (χ3v) is 7.64. The average Bonchev–Trinajstić information content (AvgIpc) is 2.84. The SMILES string of the molecule is CCc1ccc(Cl)c(CC)c1NC(=O)c1cccc(S(=O)(=O)N(C)c2ccc(OC)cc2)c1. The summed E-state index contributed by atoms with van der Waals surface area (Å²) in [6.45, 7) is 3.97. The number of sulfonamides is 1. The van der Waals surface area contributed by atoms with Crippen molar-refractivity contribution in [3.8, 4) is 5.75 Å². The number of anilines is 2. The van der Waals surface area contributed by atoms with Crippen LogP contribution < -0.4 is 14.4 Å². The van der Waals surface area contributed by atoms with Gasteiger partial charge in [-0.05, 0) is 72.5 Å². The molecule has 0 aliphatic heterocycles. The van der Waals surface area contributed by atoms with Gasteiger partial charge in [-0.3, -0.25) is 9.10 Å². The fourth-order valence-electron chi connectivity index (χ4n) is 3.54. The van der Waals surface area contributed by atoms with E-state index in [4.69, 9.17) is 16.3 Å². The number of carbonyl (C=O) groups excluding carboxylic acids is 1. The molecular formula is C25H27ClN2O4S. The Bertz CT molecular complexity index is 1260. The van der Waals surface area contributed by atoms with Crippen LogP contribution in [0.15, 0.2) is 65.6 Å². The number of rotatable bonds is 8. The summed E-state index contributed by atoms with van der Waals surface area (Å²) in [6, 6.07) is 16.4. The van der Waals surface area contributed by atoms with Gasteiger partial charge in [0.15, 0.2) is 0 Å². The second kappa shape index (κ2) is 10.3. The first-order chi connectivity index (χ1) is 15.7. The van der Waals surface area contributed by atoms with Crippen molar-refractivity contribution in [3.05, 3.63) is 82.4 Å². The Hall–Kier alpha value is -3.03. The van der Waals surface area contributed by atoms with E-state index < -0.39 is 15.9 Å². The maximum absolute atomic E-state index is 13.2. The van der Waals surface area contributed by atoms with Gasteiger partial charge in [0.1, 0.15) is 5.75 Å². The van der Waals surface area contributed by atoms with Crippen LogP contribution in [0.5, 0.6) is 5.75 Å². The molecule has 0 atom stereocenters. The molecular weight excluding hydrogens is 460 g/mol. The monoisotopic (exact) mass is 486 g/mol. The van der Waals surface area contributed by atoms with E-state index >= 15 is 0 Å². The smallest absolute Gasteiger partial charge is 0.264 e. The Kier molecular flexibility index (Phi) is 7.66. The highest BCUT2D eigenvalue weighted by molar-refractivity contribution is 7.92. The summed E-state index contributed by atoms with van der Waals surface area (Å²) in [5.74, 6) is 0.230. The molecule has 3 aromatic rings. The Labute approximate surface area is 200 Å². The molecule has 0 aliphatic rings. The minimum atomic E-state index is -3.88. The first kappa shape index (κ1) is 24.6. The fourth-order valence-corrected chi connectivity index (χ4v) is 5.07. The van der Waals surface area contributed by atoms with Gasteiger partial charge in [-0.25, -0.2) is 8.42 Å². The lowest BCUT2D eigenvalue weighted by molar-refractivity contribution is 0.102. The van der Waals surface area contributed by atoms with Crippen molar-refractivity contribution < 1.29 is 17.9 Å². The highest BCUT2D eigenvalue weighted by Gasteiger charge is 2.23. The number of nitrogens with zero attached hydrogens (tertiary/aromatic N) is 1. The Balaban J connectivity index is 1.92. The van der Waals surface area contributed by atoms with E-state index in [0.717, 1.165) is 17.5 Å². The number of nitrogens with one attached hydrogen (secondary N) is 1. The van der Waals surface area contributed by atoms with Crippen LogP contribution in [0.3, 0.4) is 0 Å². The summed E-state index contributed by atoms with van der Waals surface area (Å²) in [5, 5.41) is 3.53. The summed E-state index contributed by atoms with van der Waals surface area (Å²) >= 11 is 6.34. The molecule has 0 heterocycles.